The zero-order valence-corrected chi connectivity index (χ0v) is 14.7. The Morgan fingerprint density at radius 1 is 1.12 bits per heavy atom. The highest BCUT2D eigenvalue weighted by atomic mass is 32.2. The number of carbonyl (C=O) groups is 2. The third-order valence-corrected chi connectivity index (χ3v) is 4.37. The van der Waals surface area contributed by atoms with Gasteiger partial charge in [-0.1, -0.05) is 18.2 Å². The number of rotatable bonds is 7. The summed E-state index contributed by atoms with van der Waals surface area (Å²) in [5, 5.41) is 2.89. The van der Waals surface area contributed by atoms with Crippen LogP contribution in [0.5, 0.6) is 0 Å². The molecule has 24 heavy (non-hydrogen) atoms. The van der Waals surface area contributed by atoms with E-state index in [1.54, 1.807) is 36.9 Å². The van der Waals surface area contributed by atoms with E-state index in [0.29, 0.717) is 18.6 Å². The molecule has 0 spiro atoms. The Kier molecular flexibility index (Phi) is 6.88. The second-order valence-electron chi connectivity index (χ2n) is 5.21. The number of hydrogen-bond acceptors (Lipinski definition) is 4. The van der Waals surface area contributed by atoms with Crippen LogP contribution in [-0.4, -0.2) is 24.2 Å². The molecule has 126 valence electrons. The number of nitrogens with one attached hydrogen (secondary N) is 1. The fourth-order valence-corrected chi connectivity index (χ4v) is 3.01. The number of ether oxygens (including phenoxy) is 1. The molecule has 1 amide bonds. The topological polar surface area (TPSA) is 55.4 Å². The summed E-state index contributed by atoms with van der Waals surface area (Å²) in [6, 6.07) is 15.1. The molecule has 0 bridgehead atoms. The molecule has 0 radical (unpaired) electrons. The summed E-state index contributed by atoms with van der Waals surface area (Å²) < 4.78 is 4.97. The van der Waals surface area contributed by atoms with Crippen molar-refractivity contribution in [1.82, 2.24) is 0 Å². The molecule has 2 aromatic rings. The third-order valence-electron chi connectivity index (χ3n) is 3.35. The van der Waals surface area contributed by atoms with Gasteiger partial charge in [-0.2, -0.15) is 0 Å². The molecule has 0 aliphatic rings. The van der Waals surface area contributed by atoms with Crippen molar-refractivity contribution in [3.63, 3.8) is 0 Å². The van der Waals surface area contributed by atoms with Crippen LogP contribution < -0.4 is 5.32 Å². The Balaban J connectivity index is 1.86. The highest BCUT2D eigenvalue weighted by Gasteiger charge is 2.10. The Labute approximate surface area is 146 Å². The Morgan fingerprint density at radius 3 is 2.54 bits per heavy atom. The molecule has 0 unspecified atom stereocenters. The van der Waals surface area contributed by atoms with Crippen molar-refractivity contribution >= 4 is 29.3 Å². The molecule has 0 saturated heterocycles. The van der Waals surface area contributed by atoms with E-state index in [0.717, 1.165) is 21.9 Å². The number of hydrogen-bond donors (Lipinski definition) is 1. The molecular formula is C19H21NO3S. The van der Waals surface area contributed by atoms with Crippen molar-refractivity contribution in [1.29, 1.82) is 0 Å². The summed E-state index contributed by atoms with van der Waals surface area (Å²) in [5.74, 6) is 0.332. The van der Waals surface area contributed by atoms with E-state index in [2.05, 4.69) is 5.32 Å². The lowest BCUT2D eigenvalue weighted by atomic mass is 10.1. The van der Waals surface area contributed by atoms with Gasteiger partial charge in [-0.3, -0.25) is 4.79 Å². The Morgan fingerprint density at radius 2 is 1.88 bits per heavy atom. The van der Waals surface area contributed by atoms with E-state index in [9.17, 15) is 9.59 Å². The van der Waals surface area contributed by atoms with Gasteiger partial charge in [-0.05, 0) is 49.7 Å². The van der Waals surface area contributed by atoms with Gasteiger partial charge in [0.1, 0.15) is 0 Å². The maximum Gasteiger partial charge on any atom is 0.338 e. The lowest BCUT2D eigenvalue weighted by Crippen LogP contribution is -2.13. The minimum absolute atomic E-state index is 0.0367. The fourth-order valence-electron chi connectivity index (χ4n) is 2.14. The predicted octanol–water partition coefficient (Wildman–Crippen LogP) is 4.29. The van der Waals surface area contributed by atoms with Crippen LogP contribution in [-0.2, 0) is 9.53 Å². The van der Waals surface area contributed by atoms with Crippen LogP contribution in [0.15, 0.2) is 53.4 Å². The first-order valence-corrected chi connectivity index (χ1v) is 8.84. The largest absolute Gasteiger partial charge is 0.462 e. The second kappa shape index (κ2) is 9.13. The molecule has 0 aliphatic carbocycles. The zero-order valence-electron chi connectivity index (χ0n) is 13.9. The SMILES string of the molecule is CCOC(=O)c1ccc(NC(=O)CCSc2ccccc2)c(C)c1. The van der Waals surface area contributed by atoms with E-state index in [1.807, 2.05) is 37.3 Å². The quantitative estimate of drug-likeness (QED) is 0.602. The van der Waals surface area contributed by atoms with Crippen LogP contribution in [0, 0.1) is 6.92 Å². The van der Waals surface area contributed by atoms with Gasteiger partial charge in [0.2, 0.25) is 5.91 Å². The number of anilines is 1. The van der Waals surface area contributed by atoms with Crippen LogP contribution in [0.4, 0.5) is 5.69 Å². The van der Waals surface area contributed by atoms with Crippen molar-refractivity contribution < 1.29 is 14.3 Å². The van der Waals surface area contributed by atoms with Gasteiger partial charge in [0.15, 0.2) is 0 Å². The molecule has 2 aromatic carbocycles. The molecule has 0 aromatic heterocycles. The lowest BCUT2D eigenvalue weighted by Gasteiger charge is -2.10. The lowest BCUT2D eigenvalue weighted by molar-refractivity contribution is -0.115. The summed E-state index contributed by atoms with van der Waals surface area (Å²) in [4.78, 5) is 24.9. The van der Waals surface area contributed by atoms with Crippen LogP contribution in [0.3, 0.4) is 0 Å². The Hall–Kier alpha value is -2.27. The van der Waals surface area contributed by atoms with Gasteiger partial charge in [-0.25, -0.2) is 4.79 Å². The van der Waals surface area contributed by atoms with E-state index in [-0.39, 0.29) is 11.9 Å². The van der Waals surface area contributed by atoms with Crippen LogP contribution in [0.1, 0.15) is 29.3 Å². The van der Waals surface area contributed by atoms with E-state index in [4.69, 9.17) is 4.74 Å². The second-order valence-corrected chi connectivity index (χ2v) is 6.38. The molecular weight excluding hydrogens is 322 g/mol. The molecule has 0 atom stereocenters. The highest BCUT2D eigenvalue weighted by molar-refractivity contribution is 7.99. The van der Waals surface area contributed by atoms with Crippen molar-refractivity contribution in [2.45, 2.75) is 25.2 Å². The van der Waals surface area contributed by atoms with Crippen LogP contribution in [0.25, 0.3) is 0 Å². The van der Waals surface area contributed by atoms with E-state index < -0.39 is 0 Å². The molecule has 0 heterocycles. The molecule has 5 heteroatoms. The first-order valence-electron chi connectivity index (χ1n) is 7.85. The Bertz CT molecular complexity index is 701. The van der Waals surface area contributed by atoms with Gasteiger partial charge in [0.05, 0.1) is 12.2 Å². The molecule has 0 saturated carbocycles. The van der Waals surface area contributed by atoms with Gasteiger partial charge in [0.25, 0.3) is 0 Å². The zero-order chi connectivity index (χ0) is 17.4. The van der Waals surface area contributed by atoms with Crippen molar-refractivity contribution in [2.24, 2.45) is 0 Å². The molecule has 0 aliphatic heterocycles. The smallest absolute Gasteiger partial charge is 0.338 e. The van der Waals surface area contributed by atoms with Gasteiger partial charge < -0.3 is 10.1 Å². The number of esters is 1. The molecule has 2 rings (SSSR count). The molecule has 4 nitrogen and oxygen atoms in total. The number of amides is 1. The van der Waals surface area contributed by atoms with Crippen molar-refractivity contribution in [2.75, 3.05) is 17.7 Å². The minimum atomic E-state index is -0.349. The average molecular weight is 343 g/mol. The number of benzene rings is 2. The summed E-state index contributed by atoms with van der Waals surface area (Å²) in [5.41, 5.74) is 2.05. The molecule has 0 fully saturated rings. The maximum absolute atomic E-state index is 12.1. The van der Waals surface area contributed by atoms with Gasteiger partial charge in [-0.15, -0.1) is 11.8 Å². The number of aryl methyl sites for hydroxylation is 1. The first-order chi connectivity index (χ1) is 11.6. The number of thioether (sulfide) groups is 1. The highest BCUT2D eigenvalue weighted by Crippen LogP contribution is 2.20. The van der Waals surface area contributed by atoms with Crippen LogP contribution in [0.2, 0.25) is 0 Å². The van der Waals surface area contributed by atoms with E-state index in [1.165, 1.54) is 0 Å². The average Bonchev–Trinajstić information content (AvgIpc) is 2.58. The van der Waals surface area contributed by atoms with Gasteiger partial charge >= 0.3 is 5.97 Å². The minimum Gasteiger partial charge on any atom is -0.462 e. The van der Waals surface area contributed by atoms with E-state index >= 15 is 0 Å². The molecule has 1 N–H and O–H groups in total. The fraction of sp³-hybridized carbons (Fsp3) is 0.263. The summed E-state index contributed by atoms with van der Waals surface area (Å²) in [7, 11) is 0. The van der Waals surface area contributed by atoms with Crippen LogP contribution >= 0.6 is 11.8 Å². The predicted molar refractivity (Wildman–Crippen MR) is 97.5 cm³/mol. The summed E-state index contributed by atoms with van der Waals surface area (Å²) in [6.07, 6.45) is 0.429. The first kappa shape index (κ1) is 18.1. The third kappa shape index (κ3) is 5.42. The number of carbonyl (C=O) groups excluding carboxylic acids is 2. The summed E-state index contributed by atoms with van der Waals surface area (Å²) in [6.45, 7) is 3.97. The van der Waals surface area contributed by atoms with Crippen molar-refractivity contribution in [3.05, 3.63) is 59.7 Å². The normalized spacial score (nSPS) is 10.2. The standard InChI is InChI=1S/C19H21NO3S/c1-3-23-19(22)15-9-10-17(14(2)13-15)20-18(21)11-12-24-16-7-5-4-6-8-16/h4-10,13H,3,11-12H2,1-2H3,(H,20,21). The monoisotopic (exact) mass is 343 g/mol. The maximum atomic E-state index is 12.1. The van der Waals surface area contributed by atoms with Gasteiger partial charge in [0, 0.05) is 22.8 Å². The van der Waals surface area contributed by atoms with Crippen molar-refractivity contribution in [3.8, 4) is 0 Å². The summed E-state index contributed by atoms with van der Waals surface area (Å²) >= 11 is 1.65.